The van der Waals surface area contributed by atoms with Gasteiger partial charge in [0.15, 0.2) is 9.84 Å². The number of hydrogen-bond acceptors (Lipinski definition) is 5. The molecular formula is C13H21N3O2S. The van der Waals surface area contributed by atoms with Crippen molar-refractivity contribution in [3.05, 3.63) is 23.9 Å². The molecule has 1 aliphatic heterocycles. The highest BCUT2D eigenvalue weighted by atomic mass is 32.2. The lowest BCUT2D eigenvalue weighted by atomic mass is 10.1. The van der Waals surface area contributed by atoms with Gasteiger partial charge in [-0.1, -0.05) is 13.0 Å². The molecule has 1 N–H and O–H groups in total. The van der Waals surface area contributed by atoms with Gasteiger partial charge < -0.3 is 10.2 Å². The van der Waals surface area contributed by atoms with Crippen molar-refractivity contribution in [1.82, 2.24) is 10.3 Å². The van der Waals surface area contributed by atoms with E-state index in [1.807, 2.05) is 6.07 Å². The molecule has 2 rings (SSSR count). The number of sulfone groups is 1. The summed E-state index contributed by atoms with van der Waals surface area (Å²) in [6.45, 7) is 6.13. The summed E-state index contributed by atoms with van der Waals surface area (Å²) in [7, 11) is -2.85. The van der Waals surface area contributed by atoms with Gasteiger partial charge in [-0.15, -0.1) is 0 Å². The van der Waals surface area contributed by atoms with Crippen molar-refractivity contribution >= 4 is 15.7 Å². The smallest absolute Gasteiger partial charge is 0.153 e. The summed E-state index contributed by atoms with van der Waals surface area (Å²) in [4.78, 5) is 6.52. The third-order valence-electron chi connectivity index (χ3n) is 3.44. The Bertz CT molecular complexity index is 516. The van der Waals surface area contributed by atoms with Gasteiger partial charge in [-0.3, -0.25) is 0 Å². The summed E-state index contributed by atoms with van der Waals surface area (Å²) in [5.41, 5.74) is 1.13. The average molecular weight is 283 g/mol. The van der Waals surface area contributed by atoms with E-state index in [0.717, 1.165) is 17.9 Å². The zero-order valence-electron chi connectivity index (χ0n) is 11.5. The van der Waals surface area contributed by atoms with Gasteiger partial charge in [-0.05, 0) is 19.5 Å². The highest BCUT2D eigenvalue weighted by Crippen LogP contribution is 2.25. The highest BCUT2D eigenvalue weighted by molar-refractivity contribution is 7.91. The maximum atomic E-state index is 11.5. The molecule has 0 spiro atoms. The minimum Gasteiger partial charge on any atom is -0.354 e. The third-order valence-corrected chi connectivity index (χ3v) is 5.05. The van der Waals surface area contributed by atoms with Crippen LogP contribution < -0.4 is 10.2 Å². The Morgan fingerprint density at radius 2 is 2.11 bits per heavy atom. The molecule has 0 bridgehead atoms. The van der Waals surface area contributed by atoms with Crippen LogP contribution >= 0.6 is 0 Å². The van der Waals surface area contributed by atoms with Crippen molar-refractivity contribution in [2.75, 3.05) is 36.0 Å². The Morgan fingerprint density at radius 1 is 1.42 bits per heavy atom. The molecule has 6 heteroatoms. The monoisotopic (exact) mass is 283 g/mol. The maximum Gasteiger partial charge on any atom is 0.153 e. The van der Waals surface area contributed by atoms with Gasteiger partial charge in [0.1, 0.15) is 5.82 Å². The predicted octanol–water partition coefficient (Wildman–Crippen LogP) is 0.987. The van der Waals surface area contributed by atoms with Crippen LogP contribution in [-0.4, -0.2) is 44.5 Å². The Balaban J connectivity index is 2.21. The molecule has 1 atom stereocenters. The largest absolute Gasteiger partial charge is 0.354 e. The molecule has 2 heterocycles. The molecule has 0 aromatic carbocycles. The molecule has 1 saturated heterocycles. The highest BCUT2D eigenvalue weighted by Gasteiger charge is 2.24. The van der Waals surface area contributed by atoms with E-state index in [1.54, 1.807) is 6.20 Å². The topological polar surface area (TPSA) is 62.3 Å². The first-order valence-electron chi connectivity index (χ1n) is 6.67. The Kier molecular flexibility index (Phi) is 4.42. The van der Waals surface area contributed by atoms with Gasteiger partial charge in [0.05, 0.1) is 11.5 Å². The minimum absolute atomic E-state index is 0.215. The van der Waals surface area contributed by atoms with E-state index >= 15 is 0 Å². The van der Waals surface area contributed by atoms with Crippen molar-refractivity contribution in [2.45, 2.75) is 19.9 Å². The second-order valence-electron chi connectivity index (χ2n) is 4.83. The number of nitrogens with zero attached hydrogens (tertiary/aromatic N) is 2. The Labute approximate surface area is 114 Å². The first-order valence-corrected chi connectivity index (χ1v) is 8.49. The predicted molar refractivity (Wildman–Crippen MR) is 77.2 cm³/mol. The zero-order valence-corrected chi connectivity index (χ0v) is 12.3. The normalized spacial score (nSPS) is 20.2. The van der Waals surface area contributed by atoms with Crippen molar-refractivity contribution in [2.24, 2.45) is 0 Å². The summed E-state index contributed by atoms with van der Waals surface area (Å²) < 4.78 is 23.0. The van der Waals surface area contributed by atoms with E-state index in [9.17, 15) is 8.42 Å². The van der Waals surface area contributed by atoms with Gasteiger partial charge in [-0.25, -0.2) is 13.4 Å². The molecule has 106 valence electrons. The number of rotatable bonds is 4. The van der Waals surface area contributed by atoms with E-state index in [2.05, 4.69) is 35.1 Å². The summed E-state index contributed by atoms with van der Waals surface area (Å²) in [6, 6.07) is 4.19. The number of hydrogen-bond donors (Lipinski definition) is 1. The number of pyridine rings is 1. The second-order valence-corrected chi connectivity index (χ2v) is 7.14. The zero-order chi connectivity index (χ0) is 13.9. The Hall–Kier alpha value is -1.14. The van der Waals surface area contributed by atoms with Crippen LogP contribution in [-0.2, 0) is 9.84 Å². The molecule has 0 saturated carbocycles. The summed E-state index contributed by atoms with van der Waals surface area (Å²) in [5.74, 6) is 1.35. The number of nitrogens with one attached hydrogen (secondary N) is 1. The van der Waals surface area contributed by atoms with Gasteiger partial charge in [0, 0.05) is 30.9 Å². The Morgan fingerprint density at radius 3 is 2.74 bits per heavy atom. The standard InChI is InChI=1S/C13H21N3O2S/c1-3-14-11(2)12-5-4-6-15-13(12)16-7-9-19(17,18)10-8-16/h4-6,11,14H,3,7-10H2,1-2H3. The lowest BCUT2D eigenvalue weighted by Crippen LogP contribution is -2.41. The first-order chi connectivity index (χ1) is 9.03. The van der Waals surface area contributed by atoms with Gasteiger partial charge >= 0.3 is 0 Å². The van der Waals surface area contributed by atoms with Crippen molar-refractivity contribution in [3.8, 4) is 0 Å². The molecule has 0 radical (unpaired) electrons. The molecule has 0 aliphatic carbocycles. The van der Waals surface area contributed by atoms with E-state index < -0.39 is 9.84 Å². The summed E-state index contributed by atoms with van der Waals surface area (Å²) >= 11 is 0. The third kappa shape index (κ3) is 3.45. The molecule has 1 unspecified atom stereocenters. The molecular weight excluding hydrogens is 262 g/mol. The van der Waals surface area contributed by atoms with Crippen LogP contribution in [0, 0.1) is 0 Å². The number of aromatic nitrogens is 1. The van der Waals surface area contributed by atoms with Crippen LogP contribution in [0.15, 0.2) is 18.3 Å². The van der Waals surface area contributed by atoms with Crippen molar-refractivity contribution < 1.29 is 8.42 Å². The molecule has 19 heavy (non-hydrogen) atoms. The van der Waals surface area contributed by atoms with Crippen LogP contribution in [0.5, 0.6) is 0 Å². The molecule has 1 aromatic rings. The fraction of sp³-hybridized carbons (Fsp3) is 0.615. The number of anilines is 1. The minimum atomic E-state index is -2.85. The summed E-state index contributed by atoms with van der Waals surface area (Å²) in [5, 5.41) is 3.37. The van der Waals surface area contributed by atoms with Crippen LogP contribution in [0.25, 0.3) is 0 Å². The van der Waals surface area contributed by atoms with E-state index in [4.69, 9.17) is 0 Å². The molecule has 1 aromatic heterocycles. The average Bonchev–Trinajstić information content (AvgIpc) is 2.39. The summed E-state index contributed by atoms with van der Waals surface area (Å²) in [6.07, 6.45) is 1.76. The van der Waals surface area contributed by atoms with E-state index in [0.29, 0.717) is 13.1 Å². The van der Waals surface area contributed by atoms with Gasteiger partial charge in [0.25, 0.3) is 0 Å². The van der Waals surface area contributed by atoms with Crippen molar-refractivity contribution in [3.63, 3.8) is 0 Å². The van der Waals surface area contributed by atoms with Crippen LogP contribution in [0.1, 0.15) is 25.5 Å². The molecule has 1 aliphatic rings. The fourth-order valence-corrected chi connectivity index (χ4v) is 3.55. The maximum absolute atomic E-state index is 11.5. The van der Waals surface area contributed by atoms with Gasteiger partial charge in [-0.2, -0.15) is 0 Å². The lowest BCUT2D eigenvalue weighted by Gasteiger charge is -2.30. The van der Waals surface area contributed by atoms with Gasteiger partial charge in [0.2, 0.25) is 0 Å². The van der Waals surface area contributed by atoms with Crippen LogP contribution in [0.4, 0.5) is 5.82 Å². The molecule has 0 amide bonds. The molecule has 1 fully saturated rings. The SMILES string of the molecule is CCNC(C)c1cccnc1N1CCS(=O)(=O)CC1. The van der Waals surface area contributed by atoms with Crippen molar-refractivity contribution in [1.29, 1.82) is 0 Å². The lowest BCUT2D eigenvalue weighted by molar-refractivity contribution is 0.581. The fourth-order valence-electron chi connectivity index (χ4n) is 2.35. The second kappa shape index (κ2) is 5.88. The van der Waals surface area contributed by atoms with Crippen LogP contribution in [0.2, 0.25) is 0 Å². The quantitative estimate of drug-likeness (QED) is 0.893. The molecule has 5 nitrogen and oxygen atoms in total. The van der Waals surface area contributed by atoms with E-state index in [1.165, 1.54) is 0 Å². The van der Waals surface area contributed by atoms with E-state index in [-0.39, 0.29) is 17.5 Å². The first kappa shape index (κ1) is 14.3. The van der Waals surface area contributed by atoms with Crippen LogP contribution in [0.3, 0.4) is 0 Å².